The quantitative estimate of drug-likeness (QED) is 0.635. The normalized spacial score (nSPS) is 10.6. The number of benzene rings is 2. The number of nitro groups is 1. The molecule has 110 valence electrons. The van der Waals surface area contributed by atoms with Crippen molar-refractivity contribution in [3.05, 3.63) is 74.3 Å². The van der Waals surface area contributed by atoms with Gasteiger partial charge in [-0.15, -0.1) is 0 Å². The highest BCUT2D eigenvalue weighted by atomic mass is 35.5. The van der Waals surface area contributed by atoms with E-state index in [2.05, 4.69) is 5.32 Å². The second kappa shape index (κ2) is 7.17. The summed E-state index contributed by atoms with van der Waals surface area (Å²) in [7, 11) is 0. The largest absolute Gasteiger partial charge is 0.392 e. The SMILES string of the molecule is O=[N+]([O-])c1cccc(Cl)c1CNCc1cccc(CO)c1. The van der Waals surface area contributed by atoms with Gasteiger partial charge in [0.05, 0.1) is 22.1 Å². The average Bonchev–Trinajstić information content (AvgIpc) is 2.49. The molecule has 21 heavy (non-hydrogen) atoms. The van der Waals surface area contributed by atoms with Crippen LogP contribution in [0.5, 0.6) is 0 Å². The number of aliphatic hydroxyl groups excluding tert-OH is 1. The van der Waals surface area contributed by atoms with Crippen molar-refractivity contribution in [1.29, 1.82) is 0 Å². The minimum Gasteiger partial charge on any atom is -0.392 e. The van der Waals surface area contributed by atoms with Crippen molar-refractivity contribution in [3.63, 3.8) is 0 Å². The highest BCUT2D eigenvalue weighted by Crippen LogP contribution is 2.25. The van der Waals surface area contributed by atoms with Gasteiger partial charge in [0.15, 0.2) is 0 Å². The van der Waals surface area contributed by atoms with Crippen molar-refractivity contribution in [1.82, 2.24) is 5.32 Å². The topological polar surface area (TPSA) is 75.4 Å². The summed E-state index contributed by atoms with van der Waals surface area (Å²) < 4.78 is 0. The molecular formula is C15H15ClN2O3. The second-order valence-corrected chi connectivity index (χ2v) is 4.98. The van der Waals surface area contributed by atoms with Gasteiger partial charge in [-0.1, -0.05) is 41.9 Å². The van der Waals surface area contributed by atoms with Crippen LogP contribution in [0.2, 0.25) is 5.02 Å². The van der Waals surface area contributed by atoms with Crippen molar-refractivity contribution < 1.29 is 10.0 Å². The number of halogens is 1. The molecule has 0 bridgehead atoms. The Morgan fingerprint density at radius 2 is 1.86 bits per heavy atom. The Morgan fingerprint density at radius 3 is 2.57 bits per heavy atom. The Morgan fingerprint density at radius 1 is 1.14 bits per heavy atom. The summed E-state index contributed by atoms with van der Waals surface area (Å²) in [4.78, 5) is 10.5. The summed E-state index contributed by atoms with van der Waals surface area (Å²) in [5.41, 5.74) is 2.32. The van der Waals surface area contributed by atoms with Crippen molar-refractivity contribution in [2.24, 2.45) is 0 Å². The molecule has 6 heteroatoms. The van der Waals surface area contributed by atoms with E-state index < -0.39 is 4.92 Å². The van der Waals surface area contributed by atoms with Crippen LogP contribution in [0.15, 0.2) is 42.5 Å². The van der Waals surface area contributed by atoms with E-state index in [0.29, 0.717) is 23.7 Å². The third kappa shape index (κ3) is 4.01. The molecule has 5 nitrogen and oxygen atoms in total. The zero-order valence-corrected chi connectivity index (χ0v) is 12.0. The molecule has 0 heterocycles. The first-order valence-corrected chi connectivity index (χ1v) is 6.81. The number of hydrogen-bond acceptors (Lipinski definition) is 4. The van der Waals surface area contributed by atoms with Crippen molar-refractivity contribution >= 4 is 17.3 Å². The first-order chi connectivity index (χ1) is 10.1. The lowest BCUT2D eigenvalue weighted by molar-refractivity contribution is -0.385. The van der Waals surface area contributed by atoms with Gasteiger partial charge in [-0.25, -0.2) is 0 Å². The molecule has 0 saturated carbocycles. The van der Waals surface area contributed by atoms with E-state index in [9.17, 15) is 10.1 Å². The van der Waals surface area contributed by atoms with E-state index in [1.54, 1.807) is 12.1 Å². The Bertz CT molecular complexity index is 647. The number of nitrogens with one attached hydrogen (secondary N) is 1. The van der Waals surface area contributed by atoms with Crippen molar-refractivity contribution in [2.45, 2.75) is 19.7 Å². The summed E-state index contributed by atoms with van der Waals surface area (Å²) >= 11 is 6.03. The van der Waals surface area contributed by atoms with Crippen LogP contribution in [-0.4, -0.2) is 10.0 Å². The summed E-state index contributed by atoms with van der Waals surface area (Å²) in [6.45, 7) is 0.833. The van der Waals surface area contributed by atoms with Gasteiger partial charge in [-0.3, -0.25) is 10.1 Å². The van der Waals surface area contributed by atoms with Gasteiger partial charge in [0.25, 0.3) is 5.69 Å². The van der Waals surface area contributed by atoms with Gasteiger partial charge >= 0.3 is 0 Å². The van der Waals surface area contributed by atoms with Crippen LogP contribution in [0.4, 0.5) is 5.69 Å². The maximum Gasteiger partial charge on any atom is 0.275 e. The molecule has 0 aliphatic rings. The molecule has 0 radical (unpaired) electrons. The predicted octanol–water partition coefficient (Wildman–Crippen LogP) is 3.03. The molecule has 0 aromatic heterocycles. The van der Waals surface area contributed by atoms with E-state index in [4.69, 9.17) is 16.7 Å². The van der Waals surface area contributed by atoms with Crippen LogP contribution >= 0.6 is 11.6 Å². The maximum absolute atomic E-state index is 11.0. The summed E-state index contributed by atoms with van der Waals surface area (Å²) in [5, 5.41) is 23.6. The molecular weight excluding hydrogens is 292 g/mol. The molecule has 0 aliphatic carbocycles. The smallest absolute Gasteiger partial charge is 0.275 e. The van der Waals surface area contributed by atoms with Gasteiger partial charge in [-0.05, 0) is 17.2 Å². The summed E-state index contributed by atoms with van der Waals surface area (Å²) in [5.74, 6) is 0. The van der Waals surface area contributed by atoms with Crippen molar-refractivity contribution in [2.75, 3.05) is 0 Å². The molecule has 2 N–H and O–H groups in total. The third-order valence-electron chi connectivity index (χ3n) is 3.10. The molecule has 2 rings (SSSR count). The standard InChI is InChI=1S/C15H15ClN2O3/c16-14-5-2-6-15(18(20)21)13(14)9-17-8-11-3-1-4-12(7-11)10-19/h1-7,17,19H,8-10H2. The molecule has 0 saturated heterocycles. The number of aliphatic hydroxyl groups is 1. The fourth-order valence-corrected chi connectivity index (χ4v) is 2.30. The number of rotatable bonds is 6. The zero-order chi connectivity index (χ0) is 15.2. The molecule has 0 amide bonds. The van der Waals surface area contributed by atoms with Gasteiger partial charge in [-0.2, -0.15) is 0 Å². The van der Waals surface area contributed by atoms with Gasteiger partial charge in [0, 0.05) is 19.2 Å². The minimum absolute atomic E-state index is 0.0101. The van der Waals surface area contributed by atoms with Crippen LogP contribution in [-0.2, 0) is 19.7 Å². The Balaban J connectivity index is 2.05. The molecule has 0 spiro atoms. The average molecular weight is 307 g/mol. The van der Waals surface area contributed by atoms with E-state index in [-0.39, 0.29) is 12.3 Å². The van der Waals surface area contributed by atoms with E-state index in [0.717, 1.165) is 11.1 Å². The monoisotopic (exact) mass is 306 g/mol. The van der Waals surface area contributed by atoms with Crippen LogP contribution in [0.1, 0.15) is 16.7 Å². The Hall–Kier alpha value is -1.95. The fourth-order valence-electron chi connectivity index (χ4n) is 2.06. The zero-order valence-electron chi connectivity index (χ0n) is 11.3. The van der Waals surface area contributed by atoms with Crippen LogP contribution in [0.25, 0.3) is 0 Å². The first-order valence-electron chi connectivity index (χ1n) is 6.43. The number of nitrogens with zero attached hydrogens (tertiary/aromatic N) is 1. The van der Waals surface area contributed by atoms with Crippen LogP contribution in [0, 0.1) is 10.1 Å². The molecule has 2 aromatic carbocycles. The lowest BCUT2D eigenvalue weighted by atomic mass is 10.1. The number of hydrogen-bond donors (Lipinski definition) is 2. The minimum atomic E-state index is -0.435. The molecule has 0 unspecified atom stereocenters. The highest BCUT2D eigenvalue weighted by Gasteiger charge is 2.15. The summed E-state index contributed by atoms with van der Waals surface area (Å²) in [6.07, 6.45) is 0. The highest BCUT2D eigenvalue weighted by molar-refractivity contribution is 6.31. The van der Waals surface area contributed by atoms with Crippen LogP contribution < -0.4 is 5.32 Å². The number of nitro benzene ring substituents is 1. The van der Waals surface area contributed by atoms with Crippen LogP contribution in [0.3, 0.4) is 0 Å². The Labute approximate surface area is 127 Å². The Kier molecular flexibility index (Phi) is 5.27. The lowest BCUT2D eigenvalue weighted by Gasteiger charge is -2.08. The lowest BCUT2D eigenvalue weighted by Crippen LogP contribution is -2.14. The fraction of sp³-hybridized carbons (Fsp3) is 0.200. The van der Waals surface area contributed by atoms with Gasteiger partial charge in [0.2, 0.25) is 0 Å². The molecule has 2 aromatic rings. The molecule has 0 atom stereocenters. The third-order valence-corrected chi connectivity index (χ3v) is 3.45. The maximum atomic E-state index is 11.0. The van der Waals surface area contributed by atoms with Crippen molar-refractivity contribution in [3.8, 4) is 0 Å². The first kappa shape index (κ1) is 15.4. The second-order valence-electron chi connectivity index (χ2n) is 4.58. The molecule has 0 aliphatic heterocycles. The van der Waals surface area contributed by atoms with E-state index in [1.165, 1.54) is 6.07 Å². The summed E-state index contributed by atoms with van der Waals surface area (Å²) in [6, 6.07) is 12.1. The van der Waals surface area contributed by atoms with E-state index in [1.807, 2.05) is 24.3 Å². The molecule has 0 fully saturated rings. The van der Waals surface area contributed by atoms with Gasteiger partial charge < -0.3 is 10.4 Å². The predicted molar refractivity (Wildman–Crippen MR) is 81.0 cm³/mol. The van der Waals surface area contributed by atoms with E-state index >= 15 is 0 Å². The van der Waals surface area contributed by atoms with Gasteiger partial charge in [0.1, 0.15) is 0 Å².